The van der Waals surface area contributed by atoms with Crippen LogP contribution in [0, 0.1) is 25.7 Å². The summed E-state index contributed by atoms with van der Waals surface area (Å²) in [5, 5.41) is 1.37. The second-order valence-corrected chi connectivity index (χ2v) is 12.0. The van der Waals surface area contributed by atoms with Crippen molar-refractivity contribution in [2.75, 3.05) is 18.0 Å². The number of hydrogen-bond donors (Lipinski definition) is 0. The monoisotopic (exact) mass is 457 g/mol. The lowest BCUT2D eigenvalue weighted by Crippen LogP contribution is -2.39. The maximum atomic E-state index is 5.02. The Morgan fingerprint density at radius 2 is 1.59 bits per heavy atom. The number of rotatable bonds is 4. The van der Waals surface area contributed by atoms with E-state index in [1.165, 1.54) is 90.6 Å². The zero-order valence-electron chi connectivity index (χ0n) is 22.0. The molecule has 1 saturated heterocycles. The van der Waals surface area contributed by atoms with Gasteiger partial charge < -0.3 is 9.47 Å². The predicted octanol–water partition coefficient (Wildman–Crippen LogP) is 7.80. The van der Waals surface area contributed by atoms with Gasteiger partial charge in [-0.25, -0.2) is 4.98 Å². The Morgan fingerprint density at radius 3 is 2.29 bits per heavy atom. The van der Waals surface area contributed by atoms with E-state index >= 15 is 0 Å². The molecule has 2 fully saturated rings. The van der Waals surface area contributed by atoms with Gasteiger partial charge in [-0.05, 0) is 66.7 Å². The van der Waals surface area contributed by atoms with Crippen molar-refractivity contribution in [3.8, 4) is 0 Å². The second kappa shape index (κ2) is 9.40. The van der Waals surface area contributed by atoms with Crippen molar-refractivity contribution in [3.63, 3.8) is 0 Å². The van der Waals surface area contributed by atoms with Crippen molar-refractivity contribution < 1.29 is 0 Å². The molecule has 1 unspecified atom stereocenters. The van der Waals surface area contributed by atoms with Crippen LogP contribution in [-0.2, 0) is 12.0 Å². The first kappa shape index (κ1) is 23.5. The van der Waals surface area contributed by atoms with Gasteiger partial charge in [-0.2, -0.15) is 0 Å². The van der Waals surface area contributed by atoms with Crippen LogP contribution in [0.5, 0.6) is 0 Å². The first-order valence-electron chi connectivity index (χ1n) is 13.6. The SMILES string of the molecule is Cc1c(C)n(Cc2ccc(C(C)(C)C)cc2)c2c(N3CCCC(C4CCCCC4)C3)nccc12. The molecule has 0 amide bonds. The number of anilines is 1. The van der Waals surface area contributed by atoms with Gasteiger partial charge in [0, 0.05) is 36.9 Å². The second-order valence-electron chi connectivity index (χ2n) is 12.0. The molecule has 0 spiro atoms. The normalized spacial score (nSPS) is 20.3. The minimum Gasteiger partial charge on any atom is -0.355 e. The fraction of sp³-hybridized carbons (Fsp3) is 0.581. The highest BCUT2D eigenvalue weighted by molar-refractivity contribution is 5.93. The molecule has 3 aromatic rings. The van der Waals surface area contributed by atoms with Crippen LogP contribution in [0.1, 0.15) is 88.1 Å². The fourth-order valence-corrected chi connectivity index (χ4v) is 6.49. The summed E-state index contributed by atoms with van der Waals surface area (Å²) in [5.41, 5.74) is 7.04. The van der Waals surface area contributed by atoms with E-state index in [-0.39, 0.29) is 5.41 Å². The van der Waals surface area contributed by atoms with Gasteiger partial charge in [0.05, 0.1) is 5.52 Å². The maximum absolute atomic E-state index is 5.02. The zero-order valence-corrected chi connectivity index (χ0v) is 22.0. The molecule has 3 heteroatoms. The van der Waals surface area contributed by atoms with Crippen molar-refractivity contribution in [3.05, 3.63) is 58.9 Å². The summed E-state index contributed by atoms with van der Waals surface area (Å²) in [6, 6.07) is 11.5. The third kappa shape index (κ3) is 4.51. The smallest absolute Gasteiger partial charge is 0.153 e. The van der Waals surface area contributed by atoms with Gasteiger partial charge in [-0.1, -0.05) is 77.1 Å². The fourth-order valence-electron chi connectivity index (χ4n) is 6.49. The Morgan fingerprint density at radius 1 is 0.882 bits per heavy atom. The van der Waals surface area contributed by atoms with Gasteiger partial charge in [0.1, 0.15) is 0 Å². The van der Waals surface area contributed by atoms with Crippen molar-refractivity contribution in [2.24, 2.45) is 11.8 Å². The third-order valence-electron chi connectivity index (χ3n) is 8.76. The standard InChI is InChI=1S/C31H43N3/c1-22-23(2)34(20-24-13-15-27(16-14-24)31(3,4)5)29-28(22)17-18-32-30(29)33-19-9-12-26(21-33)25-10-7-6-8-11-25/h13-18,25-26H,6-12,19-21H2,1-5H3. The molecule has 3 nitrogen and oxygen atoms in total. The summed E-state index contributed by atoms with van der Waals surface area (Å²) < 4.78 is 2.53. The number of aromatic nitrogens is 2. The third-order valence-corrected chi connectivity index (χ3v) is 8.76. The Bertz CT molecular complexity index is 1130. The average Bonchev–Trinajstić information content (AvgIpc) is 3.09. The first-order chi connectivity index (χ1) is 16.3. The molecule has 182 valence electrons. The number of fused-ring (bicyclic) bond motifs is 1. The van der Waals surface area contributed by atoms with Crippen LogP contribution in [0.25, 0.3) is 10.9 Å². The predicted molar refractivity (Wildman–Crippen MR) is 145 cm³/mol. The van der Waals surface area contributed by atoms with E-state index in [0.717, 1.165) is 24.9 Å². The lowest BCUT2D eigenvalue weighted by molar-refractivity contribution is 0.220. The Hall–Kier alpha value is -2.29. The van der Waals surface area contributed by atoms with E-state index in [1.54, 1.807) is 0 Å². The minimum atomic E-state index is 0.186. The topological polar surface area (TPSA) is 21.1 Å². The van der Waals surface area contributed by atoms with E-state index < -0.39 is 0 Å². The summed E-state index contributed by atoms with van der Waals surface area (Å²) in [6.45, 7) is 14.6. The molecule has 2 aliphatic rings. The van der Waals surface area contributed by atoms with Gasteiger partial charge in [-0.15, -0.1) is 0 Å². The van der Waals surface area contributed by atoms with Gasteiger partial charge in [0.25, 0.3) is 0 Å². The van der Waals surface area contributed by atoms with Crippen LogP contribution >= 0.6 is 0 Å². The van der Waals surface area contributed by atoms with Crippen molar-refractivity contribution in [2.45, 2.75) is 91.5 Å². The molecule has 1 aliphatic heterocycles. The first-order valence-corrected chi connectivity index (χ1v) is 13.6. The van der Waals surface area contributed by atoms with Crippen molar-refractivity contribution in [1.82, 2.24) is 9.55 Å². The van der Waals surface area contributed by atoms with Crippen LogP contribution in [-0.4, -0.2) is 22.6 Å². The Labute approximate surface area is 206 Å². The summed E-state index contributed by atoms with van der Waals surface area (Å²) >= 11 is 0. The van der Waals surface area contributed by atoms with E-state index in [2.05, 4.69) is 74.4 Å². The summed E-state index contributed by atoms with van der Waals surface area (Å²) in [5.74, 6) is 2.97. The molecule has 1 aromatic carbocycles. The molecule has 2 aromatic heterocycles. The van der Waals surface area contributed by atoms with E-state index in [9.17, 15) is 0 Å². The molecule has 5 rings (SSSR count). The highest BCUT2D eigenvalue weighted by atomic mass is 15.2. The van der Waals surface area contributed by atoms with Crippen LogP contribution in [0.3, 0.4) is 0 Å². The van der Waals surface area contributed by atoms with Gasteiger partial charge in [0.2, 0.25) is 0 Å². The summed E-state index contributed by atoms with van der Waals surface area (Å²) in [6.07, 6.45) is 11.9. The highest BCUT2D eigenvalue weighted by Gasteiger charge is 2.30. The maximum Gasteiger partial charge on any atom is 0.153 e. The van der Waals surface area contributed by atoms with E-state index in [1.807, 2.05) is 6.20 Å². The average molecular weight is 458 g/mol. The molecular weight excluding hydrogens is 414 g/mol. The minimum absolute atomic E-state index is 0.186. The van der Waals surface area contributed by atoms with Crippen LogP contribution in [0.2, 0.25) is 0 Å². The molecule has 1 saturated carbocycles. The molecular formula is C31H43N3. The molecule has 3 heterocycles. The lowest BCUT2D eigenvalue weighted by Gasteiger charge is -2.39. The van der Waals surface area contributed by atoms with Crippen LogP contribution < -0.4 is 4.90 Å². The number of aryl methyl sites for hydroxylation is 1. The lowest BCUT2D eigenvalue weighted by atomic mass is 9.76. The van der Waals surface area contributed by atoms with Crippen molar-refractivity contribution in [1.29, 1.82) is 0 Å². The number of nitrogens with zero attached hydrogens (tertiary/aromatic N) is 3. The molecule has 1 aliphatic carbocycles. The molecule has 34 heavy (non-hydrogen) atoms. The number of hydrogen-bond acceptors (Lipinski definition) is 2. The Balaban J connectivity index is 1.48. The van der Waals surface area contributed by atoms with Crippen LogP contribution in [0.4, 0.5) is 5.82 Å². The number of piperidine rings is 1. The largest absolute Gasteiger partial charge is 0.355 e. The molecule has 0 radical (unpaired) electrons. The zero-order chi connectivity index (χ0) is 23.9. The van der Waals surface area contributed by atoms with E-state index in [0.29, 0.717) is 0 Å². The molecule has 1 atom stereocenters. The van der Waals surface area contributed by atoms with Crippen LogP contribution in [0.15, 0.2) is 36.5 Å². The summed E-state index contributed by atoms with van der Waals surface area (Å²) in [7, 11) is 0. The van der Waals surface area contributed by atoms with Crippen molar-refractivity contribution >= 4 is 16.7 Å². The quantitative estimate of drug-likeness (QED) is 0.398. The van der Waals surface area contributed by atoms with Gasteiger partial charge in [-0.3, -0.25) is 0 Å². The van der Waals surface area contributed by atoms with Gasteiger partial charge >= 0.3 is 0 Å². The number of pyridine rings is 1. The molecule has 0 bridgehead atoms. The van der Waals surface area contributed by atoms with E-state index in [4.69, 9.17) is 4.98 Å². The molecule has 0 N–H and O–H groups in total. The van der Waals surface area contributed by atoms with Gasteiger partial charge in [0.15, 0.2) is 5.82 Å². The summed E-state index contributed by atoms with van der Waals surface area (Å²) in [4.78, 5) is 7.65. The Kier molecular flexibility index (Phi) is 6.48. The number of benzene rings is 1. The highest BCUT2D eigenvalue weighted by Crippen LogP contribution is 2.38.